The van der Waals surface area contributed by atoms with Crippen LogP contribution in [0.3, 0.4) is 0 Å². The molecule has 2 unspecified atom stereocenters. The van der Waals surface area contributed by atoms with Gasteiger partial charge in [0.05, 0.1) is 11.4 Å². The lowest BCUT2D eigenvalue weighted by Crippen LogP contribution is -2.41. The monoisotopic (exact) mass is 537 g/mol. The number of aromatic nitrogens is 4. The summed E-state index contributed by atoms with van der Waals surface area (Å²) >= 11 is 19.1. The third-order valence-electron chi connectivity index (χ3n) is 6.70. The maximum Gasteiger partial charge on any atom is 0.224 e. The molecule has 2 heterocycles. The summed E-state index contributed by atoms with van der Waals surface area (Å²) in [5.41, 5.74) is 4.10. The first-order chi connectivity index (χ1) is 17.4. The Kier molecular flexibility index (Phi) is 7.42. The molecule has 1 saturated carbocycles. The molecule has 1 aliphatic rings. The first-order valence-electron chi connectivity index (χ1n) is 12.0. The van der Waals surface area contributed by atoms with E-state index >= 15 is 0 Å². The van der Waals surface area contributed by atoms with Crippen LogP contribution in [0.4, 0.5) is 5.82 Å². The molecule has 36 heavy (non-hydrogen) atoms. The van der Waals surface area contributed by atoms with Crippen molar-refractivity contribution in [3.8, 4) is 0 Å². The van der Waals surface area contributed by atoms with Gasteiger partial charge in [-0.2, -0.15) is 0 Å². The van der Waals surface area contributed by atoms with Gasteiger partial charge in [-0.3, -0.25) is 0 Å². The van der Waals surface area contributed by atoms with E-state index in [-0.39, 0.29) is 34.2 Å². The second kappa shape index (κ2) is 10.7. The highest BCUT2D eigenvalue weighted by Crippen LogP contribution is 2.66. The fourth-order valence-electron chi connectivity index (χ4n) is 5.25. The number of anilines is 1. The summed E-state index contributed by atoms with van der Waals surface area (Å²) in [6.07, 6.45) is 0. The van der Waals surface area contributed by atoms with E-state index in [1.807, 2.05) is 24.3 Å². The molecule has 0 saturated heterocycles. The minimum atomic E-state index is 0.0126. The summed E-state index contributed by atoms with van der Waals surface area (Å²) in [5, 5.41) is 4.11. The molecule has 2 aromatic carbocycles. The standard InChI is InChI=1S/C28H26Cl3N5/c1-16(2)15-32-22-14-20(34-28(31)36-22)26-23(17-9-5-3-6-10-17)25(19-13-21(29)35-27(30)33-19)24(26)18-11-7-4-8-12-18/h3-14,16,23-26H,15H2,1-2H3,(H,32,34,36). The quantitative estimate of drug-likeness (QED) is 0.192. The predicted octanol–water partition coefficient (Wildman–Crippen LogP) is 7.74. The second-order valence-corrected chi connectivity index (χ2v) is 10.6. The number of hydrogen-bond acceptors (Lipinski definition) is 5. The highest BCUT2D eigenvalue weighted by molar-refractivity contribution is 6.31. The van der Waals surface area contributed by atoms with Crippen molar-refractivity contribution in [1.82, 2.24) is 19.9 Å². The Morgan fingerprint density at radius 1 is 0.667 bits per heavy atom. The Morgan fingerprint density at radius 2 is 1.17 bits per heavy atom. The van der Waals surface area contributed by atoms with Gasteiger partial charge in [0.15, 0.2) is 0 Å². The molecule has 5 rings (SSSR count). The minimum Gasteiger partial charge on any atom is -0.370 e. The molecule has 0 radical (unpaired) electrons. The topological polar surface area (TPSA) is 63.6 Å². The first-order valence-corrected chi connectivity index (χ1v) is 13.1. The Labute approximate surface area is 226 Å². The predicted molar refractivity (Wildman–Crippen MR) is 146 cm³/mol. The maximum absolute atomic E-state index is 6.46. The molecule has 1 aliphatic carbocycles. The molecule has 0 aliphatic heterocycles. The highest BCUT2D eigenvalue weighted by atomic mass is 35.5. The van der Waals surface area contributed by atoms with E-state index in [0.29, 0.717) is 11.1 Å². The van der Waals surface area contributed by atoms with Crippen molar-refractivity contribution in [1.29, 1.82) is 0 Å². The summed E-state index contributed by atoms with van der Waals surface area (Å²) < 4.78 is 0. The van der Waals surface area contributed by atoms with Crippen LogP contribution in [0, 0.1) is 5.92 Å². The molecular weight excluding hydrogens is 513 g/mol. The van der Waals surface area contributed by atoms with Crippen molar-refractivity contribution in [3.63, 3.8) is 0 Å². The Balaban J connectivity index is 1.66. The van der Waals surface area contributed by atoms with Gasteiger partial charge in [-0.25, -0.2) is 19.9 Å². The largest absolute Gasteiger partial charge is 0.370 e. The smallest absolute Gasteiger partial charge is 0.224 e. The van der Waals surface area contributed by atoms with E-state index in [2.05, 4.69) is 82.6 Å². The van der Waals surface area contributed by atoms with Crippen molar-refractivity contribution in [3.05, 3.63) is 111 Å². The Hall–Kier alpha value is -2.73. The van der Waals surface area contributed by atoms with Gasteiger partial charge in [-0.05, 0) is 46.3 Å². The summed E-state index contributed by atoms with van der Waals surface area (Å²) in [6.45, 7) is 5.10. The summed E-state index contributed by atoms with van der Waals surface area (Å²) in [6, 6.07) is 24.7. The van der Waals surface area contributed by atoms with Crippen molar-refractivity contribution in [2.75, 3.05) is 11.9 Å². The molecule has 0 amide bonds. The SMILES string of the molecule is CC(C)CNc1cc(C2C(c3ccccc3)C(c3cc(Cl)nc(Cl)n3)C2c2ccccc2)nc(Cl)n1. The summed E-state index contributed by atoms with van der Waals surface area (Å²) in [7, 11) is 0. The third-order valence-corrected chi connectivity index (χ3v) is 7.23. The van der Waals surface area contributed by atoms with E-state index in [1.165, 1.54) is 11.1 Å². The van der Waals surface area contributed by atoms with Crippen LogP contribution in [-0.2, 0) is 0 Å². The van der Waals surface area contributed by atoms with Crippen LogP contribution in [0.5, 0.6) is 0 Å². The van der Waals surface area contributed by atoms with Gasteiger partial charge in [0.2, 0.25) is 10.6 Å². The summed E-state index contributed by atoms with van der Waals surface area (Å²) in [5.74, 6) is 1.39. The van der Waals surface area contributed by atoms with Gasteiger partial charge in [0, 0.05) is 36.3 Å². The average molecular weight is 539 g/mol. The minimum absolute atomic E-state index is 0.0126. The molecule has 1 N–H and O–H groups in total. The third kappa shape index (κ3) is 5.19. The van der Waals surface area contributed by atoms with Crippen molar-refractivity contribution >= 4 is 40.6 Å². The van der Waals surface area contributed by atoms with Gasteiger partial charge in [-0.15, -0.1) is 0 Å². The van der Waals surface area contributed by atoms with Gasteiger partial charge in [0.1, 0.15) is 11.0 Å². The van der Waals surface area contributed by atoms with Crippen molar-refractivity contribution < 1.29 is 0 Å². The average Bonchev–Trinajstić information content (AvgIpc) is 2.83. The van der Waals surface area contributed by atoms with Crippen LogP contribution < -0.4 is 5.32 Å². The molecule has 1 fully saturated rings. The maximum atomic E-state index is 6.46. The van der Waals surface area contributed by atoms with Crippen molar-refractivity contribution in [2.45, 2.75) is 37.5 Å². The number of hydrogen-bond donors (Lipinski definition) is 1. The molecule has 8 heteroatoms. The first kappa shape index (κ1) is 24.9. The van der Waals surface area contributed by atoms with Gasteiger partial charge in [-0.1, -0.05) is 86.1 Å². The van der Waals surface area contributed by atoms with E-state index in [1.54, 1.807) is 0 Å². The van der Waals surface area contributed by atoms with Crippen LogP contribution in [0.25, 0.3) is 0 Å². The van der Waals surface area contributed by atoms with Crippen molar-refractivity contribution in [2.24, 2.45) is 5.92 Å². The number of nitrogens with zero attached hydrogens (tertiary/aromatic N) is 4. The molecule has 0 spiro atoms. The molecule has 2 aromatic heterocycles. The molecule has 4 aromatic rings. The van der Waals surface area contributed by atoms with Gasteiger partial charge < -0.3 is 5.32 Å². The van der Waals surface area contributed by atoms with Crippen LogP contribution in [0.15, 0.2) is 72.8 Å². The zero-order valence-electron chi connectivity index (χ0n) is 19.9. The van der Waals surface area contributed by atoms with E-state index in [0.717, 1.165) is 23.8 Å². The highest BCUT2D eigenvalue weighted by Gasteiger charge is 2.54. The van der Waals surface area contributed by atoms with Crippen LogP contribution in [0.1, 0.15) is 60.0 Å². The van der Waals surface area contributed by atoms with Gasteiger partial charge >= 0.3 is 0 Å². The summed E-state index contributed by atoms with van der Waals surface area (Å²) in [4.78, 5) is 17.9. The van der Waals surface area contributed by atoms with E-state index in [9.17, 15) is 0 Å². The second-order valence-electron chi connectivity index (χ2n) is 9.53. The van der Waals surface area contributed by atoms with Crippen LogP contribution in [-0.4, -0.2) is 26.5 Å². The fourth-order valence-corrected chi connectivity index (χ4v) is 5.86. The number of rotatable bonds is 7. The normalized spacial score (nSPS) is 21.3. The molecule has 2 atom stereocenters. The molecule has 184 valence electrons. The van der Waals surface area contributed by atoms with Gasteiger partial charge in [0.25, 0.3) is 0 Å². The molecule has 5 nitrogen and oxygen atoms in total. The van der Waals surface area contributed by atoms with E-state index in [4.69, 9.17) is 39.8 Å². The lowest BCUT2D eigenvalue weighted by Gasteiger charge is -2.52. The van der Waals surface area contributed by atoms with E-state index < -0.39 is 0 Å². The lowest BCUT2D eigenvalue weighted by molar-refractivity contribution is 0.220. The zero-order valence-corrected chi connectivity index (χ0v) is 22.2. The number of nitrogens with one attached hydrogen (secondary N) is 1. The Bertz CT molecular complexity index is 1270. The molecular formula is C28H26Cl3N5. The zero-order chi connectivity index (χ0) is 25.2. The van der Waals surface area contributed by atoms with Crippen LogP contribution >= 0.6 is 34.8 Å². The number of halogens is 3. The number of benzene rings is 2. The fraction of sp³-hybridized carbons (Fsp3) is 0.286. The van der Waals surface area contributed by atoms with Crippen LogP contribution in [0.2, 0.25) is 15.7 Å². The Morgan fingerprint density at radius 3 is 1.67 bits per heavy atom. The molecule has 0 bridgehead atoms. The lowest BCUT2D eigenvalue weighted by atomic mass is 9.50.